The Balaban J connectivity index is 1.96. The van der Waals surface area contributed by atoms with Crippen LogP contribution in [0.4, 0.5) is 11.4 Å². The number of anilines is 1. The molecule has 0 N–H and O–H groups in total. The third-order valence-electron chi connectivity index (χ3n) is 5.46. The molecule has 0 bridgehead atoms. The Morgan fingerprint density at radius 1 is 1.04 bits per heavy atom. The molecule has 2 aliphatic rings. The summed E-state index contributed by atoms with van der Waals surface area (Å²) in [6.07, 6.45) is 6.83. The molecule has 0 spiro atoms. The maximum atomic E-state index is 13.0. The molecule has 2 aliphatic heterocycles. The molecule has 1 atom stereocenters. The summed E-state index contributed by atoms with van der Waals surface area (Å²) in [6, 6.07) is 4.61. The summed E-state index contributed by atoms with van der Waals surface area (Å²) in [5, 5.41) is 11.7. The molecule has 144 valence electrons. The van der Waals surface area contributed by atoms with E-state index in [9.17, 15) is 18.5 Å². The fourth-order valence-corrected chi connectivity index (χ4v) is 5.48. The van der Waals surface area contributed by atoms with E-state index in [4.69, 9.17) is 0 Å². The van der Waals surface area contributed by atoms with E-state index >= 15 is 0 Å². The van der Waals surface area contributed by atoms with E-state index in [1.54, 1.807) is 6.07 Å². The zero-order valence-corrected chi connectivity index (χ0v) is 16.1. The van der Waals surface area contributed by atoms with E-state index in [0.717, 1.165) is 51.5 Å². The van der Waals surface area contributed by atoms with Crippen LogP contribution in [0.5, 0.6) is 0 Å². The van der Waals surface area contributed by atoms with Crippen LogP contribution >= 0.6 is 0 Å². The molecular formula is C18H27N3O4S. The Kier molecular flexibility index (Phi) is 5.82. The van der Waals surface area contributed by atoms with Crippen molar-refractivity contribution in [3.8, 4) is 0 Å². The van der Waals surface area contributed by atoms with Crippen LogP contribution in [0.2, 0.25) is 0 Å². The lowest BCUT2D eigenvalue weighted by molar-refractivity contribution is -0.384. The van der Waals surface area contributed by atoms with Crippen LogP contribution < -0.4 is 4.90 Å². The molecule has 0 saturated carbocycles. The molecule has 0 unspecified atom stereocenters. The first-order valence-corrected chi connectivity index (χ1v) is 10.9. The summed E-state index contributed by atoms with van der Waals surface area (Å²) < 4.78 is 27.4. The van der Waals surface area contributed by atoms with Crippen molar-refractivity contribution in [1.82, 2.24) is 4.31 Å². The summed E-state index contributed by atoms with van der Waals surface area (Å²) in [5.41, 5.74) is 0.409. The monoisotopic (exact) mass is 381 g/mol. The van der Waals surface area contributed by atoms with Crippen LogP contribution in [0.3, 0.4) is 0 Å². The first kappa shape index (κ1) is 19.1. The van der Waals surface area contributed by atoms with Crippen molar-refractivity contribution in [2.45, 2.75) is 62.8 Å². The number of nitrogens with zero attached hydrogens (tertiary/aromatic N) is 3. The first-order valence-electron chi connectivity index (χ1n) is 9.46. The van der Waals surface area contributed by atoms with E-state index in [2.05, 4.69) is 6.92 Å². The van der Waals surface area contributed by atoms with Gasteiger partial charge in [-0.15, -0.1) is 0 Å². The number of nitro groups is 1. The van der Waals surface area contributed by atoms with Gasteiger partial charge in [-0.25, -0.2) is 8.42 Å². The number of benzene rings is 1. The third-order valence-corrected chi connectivity index (χ3v) is 7.35. The minimum absolute atomic E-state index is 0.0273. The van der Waals surface area contributed by atoms with Crippen molar-refractivity contribution in [3.05, 3.63) is 28.3 Å². The normalized spacial score (nSPS) is 22.8. The van der Waals surface area contributed by atoms with Crippen LogP contribution in [-0.4, -0.2) is 43.3 Å². The van der Waals surface area contributed by atoms with Gasteiger partial charge in [-0.05, 0) is 51.2 Å². The van der Waals surface area contributed by atoms with Gasteiger partial charge in [-0.1, -0.05) is 12.8 Å². The molecule has 1 aromatic carbocycles. The quantitative estimate of drug-likeness (QED) is 0.588. The molecule has 8 heteroatoms. The average Bonchev–Trinajstić information content (AvgIpc) is 2.91. The van der Waals surface area contributed by atoms with Gasteiger partial charge < -0.3 is 4.90 Å². The number of hydrogen-bond donors (Lipinski definition) is 0. The van der Waals surface area contributed by atoms with Gasteiger partial charge in [0, 0.05) is 31.7 Å². The second-order valence-electron chi connectivity index (χ2n) is 7.26. The van der Waals surface area contributed by atoms with Crippen molar-refractivity contribution in [2.75, 3.05) is 24.5 Å². The van der Waals surface area contributed by atoms with Gasteiger partial charge in [0.2, 0.25) is 10.0 Å². The van der Waals surface area contributed by atoms with Crippen molar-refractivity contribution in [3.63, 3.8) is 0 Å². The minimum Gasteiger partial charge on any atom is -0.363 e. The number of rotatable bonds is 4. The van der Waals surface area contributed by atoms with Gasteiger partial charge >= 0.3 is 0 Å². The zero-order valence-electron chi connectivity index (χ0n) is 15.3. The summed E-state index contributed by atoms with van der Waals surface area (Å²) >= 11 is 0. The first-order chi connectivity index (χ1) is 12.4. The predicted molar refractivity (Wildman–Crippen MR) is 101 cm³/mol. The molecule has 0 aromatic heterocycles. The van der Waals surface area contributed by atoms with Gasteiger partial charge in [0.15, 0.2) is 0 Å². The highest BCUT2D eigenvalue weighted by Gasteiger charge is 2.30. The minimum atomic E-state index is -3.69. The zero-order chi connectivity index (χ0) is 18.7. The Bertz CT molecular complexity index is 758. The summed E-state index contributed by atoms with van der Waals surface area (Å²) in [4.78, 5) is 13.3. The number of sulfonamides is 1. The van der Waals surface area contributed by atoms with E-state index < -0.39 is 14.9 Å². The molecule has 2 saturated heterocycles. The van der Waals surface area contributed by atoms with Crippen LogP contribution in [-0.2, 0) is 10.0 Å². The molecule has 0 radical (unpaired) electrons. The second-order valence-corrected chi connectivity index (χ2v) is 9.20. The molecule has 26 heavy (non-hydrogen) atoms. The van der Waals surface area contributed by atoms with Crippen molar-refractivity contribution in [1.29, 1.82) is 0 Å². The molecule has 1 aromatic rings. The lowest BCUT2D eigenvalue weighted by atomic mass is 10.0. The van der Waals surface area contributed by atoms with Crippen LogP contribution in [0, 0.1) is 10.1 Å². The van der Waals surface area contributed by atoms with Crippen molar-refractivity contribution >= 4 is 21.4 Å². The number of piperidine rings is 1. The second kappa shape index (κ2) is 7.92. The van der Waals surface area contributed by atoms with E-state index in [1.165, 1.54) is 16.4 Å². The Hall–Kier alpha value is -1.67. The largest absolute Gasteiger partial charge is 0.363 e. The van der Waals surface area contributed by atoms with Crippen molar-refractivity contribution in [2.24, 2.45) is 0 Å². The van der Waals surface area contributed by atoms with Gasteiger partial charge in [-0.3, -0.25) is 10.1 Å². The Morgan fingerprint density at radius 2 is 1.69 bits per heavy atom. The molecule has 2 heterocycles. The molecule has 0 aliphatic carbocycles. The average molecular weight is 381 g/mol. The van der Waals surface area contributed by atoms with E-state index in [-0.39, 0.29) is 16.6 Å². The maximum Gasteiger partial charge on any atom is 0.293 e. The highest BCUT2D eigenvalue weighted by molar-refractivity contribution is 7.89. The lowest BCUT2D eigenvalue weighted by Gasteiger charge is -2.35. The number of nitro benzene ring substituents is 1. The standard InChI is InChI=1S/C18H27N3O4S/c1-15-8-4-7-13-20(15)17-10-9-16(14-18(17)21(22)23)26(24,25)19-11-5-2-3-6-12-19/h9-10,14-15H,2-8,11-13H2,1H3/t15-/m1/s1. The van der Waals surface area contributed by atoms with Gasteiger partial charge in [0.1, 0.15) is 5.69 Å². The van der Waals surface area contributed by atoms with Gasteiger partial charge in [0.05, 0.1) is 9.82 Å². The summed E-state index contributed by atoms with van der Waals surface area (Å²) in [6.45, 7) is 3.80. The summed E-state index contributed by atoms with van der Waals surface area (Å²) in [7, 11) is -3.69. The molecular weight excluding hydrogens is 354 g/mol. The summed E-state index contributed by atoms with van der Waals surface area (Å²) in [5.74, 6) is 0. The molecule has 7 nitrogen and oxygen atoms in total. The molecule has 3 rings (SSSR count). The molecule has 2 fully saturated rings. The Labute approximate surface area is 155 Å². The highest BCUT2D eigenvalue weighted by Crippen LogP contribution is 2.35. The van der Waals surface area contributed by atoms with Gasteiger partial charge in [0.25, 0.3) is 5.69 Å². The SMILES string of the molecule is C[C@@H]1CCCCN1c1ccc(S(=O)(=O)N2CCCCCC2)cc1[N+](=O)[O-]. The highest BCUT2D eigenvalue weighted by atomic mass is 32.2. The van der Waals surface area contributed by atoms with Crippen molar-refractivity contribution < 1.29 is 13.3 Å². The van der Waals surface area contributed by atoms with Crippen LogP contribution in [0.25, 0.3) is 0 Å². The predicted octanol–water partition coefficient (Wildman–Crippen LogP) is 3.54. The van der Waals surface area contributed by atoms with Crippen LogP contribution in [0.1, 0.15) is 51.9 Å². The smallest absolute Gasteiger partial charge is 0.293 e. The number of hydrogen-bond acceptors (Lipinski definition) is 5. The van der Waals surface area contributed by atoms with E-state index in [0.29, 0.717) is 18.8 Å². The third kappa shape index (κ3) is 3.86. The fourth-order valence-electron chi connectivity index (χ4n) is 3.94. The van der Waals surface area contributed by atoms with E-state index in [1.807, 2.05) is 4.90 Å². The topological polar surface area (TPSA) is 83.8 Å². The fraction of sp³-hybridized carbons (Fsp3) is 0.667. The van der Waals surface area contributed by atoms with Crippen LogP contribution in [0.15, 0.2) is 23.1 Å². The lowest BCUT2D eigenvalue weighted by Crippen LogP contribution is -2.38. The maximum absolute atomic E-state index is 13.0. The van der Waals surface area contributed by atoms with Gasteiger partial charge in [-0.2, -0.15) is 4.31 Å². The molecule has 0 amide bonds. The Morgan fingerprint density at radius 3 is 2.31 bits per heavy atom.